The Bertz CT molecular complexity index is 1080. The van der Waals surface area contributed by atoms with Gasteiger partial charge in [-0.15, -0.1) is 0 Å². The Morgan fingerprint density at radius 2 is 1.74 bits per heavy atom. The lowest BCUT2D eigenvalue weighted by Gasteiger charge is -2.26. The molecule has 0 radical (unpaired) electrons. The van der Waals surface area contributed by atoms with E-state index >= 15 is 0 Å². The van der Waals surface area contributed by atoms with Crippen LogP contribution < -0.4 is 5.32 Å². The summed E-state index contributed by atoms with van der Waals surface area (Å²) in [6, 6.07) is 13.8. The van der Waals surface area contributed by atoms with Gasteiger partial charge < -0.3 is 15.0 Å². The number of benzene rings is 2. The van der Waals surface area contributed by atoms with E-state index < -0.39 is 6.04 Å². The normalized spacial score (nSPS) is 21.5. The number of Topliss-reactive ketones (excluding diaryl/α,β-unsaturated/α-hetero) is 2. The molecule has 2 aromatic rings. The fourth-order valence-electron chi connectivity index (χ4n) is 5.13. The van der Waals surface area contributed by atoms with Gasteiger partial charge in [-0.2, -0.15) is 0 Å². The third kappa shape index (κ3) is 4.91. The van der Waals surface area contributed by atoms with Crippen LogP contribution in [0.3, 0.4) is 0 Å². The minimum Gasteiger partial charge on any atom is -0.381 e. The summed E-state index contributed by atoms with van der Waals surface area (Å²) >= 11 is 0. The minimum absolute atomic E-state index is 0.0185. The molecule has 1 saturated heterocycles. The largest absolute Gasteiger partial charge is 0.381 e. The number of rotatable bonds is 6. The molecule has 178 valence electrons. The van der Waals surface area contributed by atoms with Gasteiger partial charge in [-0.1, -0.05) is 30.3 Å². The van der Waals surface area contributed by atoms with E-state index in [0.717, 1.165) is 44.1 Å². The second-order valence-corrected chi connectivity index (χ2v) is 9.41. The number of ether oxygens (including phenoxy) is 1. The van der Waals surface area contributed by atoms with Crippen molar-refractivity contribution in [1.29, 1.82) is 0 Å². The van der Waals surface area contributed by atoms with Crippen molar-refractivity contribution in [2.24, 2.45) is 0 Å². The fraction of sp³-hybridized carbons (Fsp3) is 0.444. The fourth-order valence-corrected chi connectivity index (χ4v) is 5.13. The molecule has 2 aromatic carbocycles. The molecule has 2 aliphatic heterocycles. The average Bonchev–Trinajstić information content (AvgIpc) is 3.08. The molecule has 0 spiro atoms. The molecule has 34 heavy (non-hydrogen) atoms. The van der Waals surface area contributed by atoms with E-state index in [2.05, 4.69) is 34.5 Å². The second-order valence-electron chi connectivity index (χ2n) is 9.41. The summed E-state index contributed by atoms with van der Waals surface area (Å²) in [7, 11) is 0. The standard InChI is InChI=1S/C27H31N3O4/c31-21-3-1-6-25(26(32)15-21)30-18-23-22(27(30)33)4-2-5-24(23)28-16-19-7-9-20(10-8-19)17-29-11-13-34-14-12-29/h2,4-5,7-10,25,28H,1,3,6,11-18H2/t25-/m0/s1. The highest BCUT2D eigenvalue weighted by Crippen LogP contribution is 2.33. The van der Waals surface area contributed by atoms with Gasteiger partial charge in [0.05, 0.1) is 25.7 Å². The second kappa shape index (κ2) is 10.1. The topological polar surface area (TPSA) is 79.0 Å². The Labute approximate surface area is 200 Å². The van der Waals surface area contributed by atoms with Crippen molar-refractivity contribution in [3.05, 3.63) is 64.7 Å². The average molecular weight is 462 g/mol. The zero-order chi connectivity index (χ0) is 23.5. The number of nitrogens with zero attached hydrogens (tertiary/aromatic N) is 2. The highest BCUT2D eigenvalue weighted by atomic mass is 16.5. The van der Waals surface area contributed by atoms with E-state index in [1.54, 1.807) is 4.90 Å². The van der Waals surface area contributed by atoms with Gasteiger partial charge in [0.25, 0.3) is 5.91 Å². The van der Waals surface area contributed by atoms with Crippen LogP contribution in [0.4, 0.5) is 5.69 Å². The van der Waals surface area contributed by atoms with Crippen molar-refractivity contribution in [3.8, 4) is 0 Å². The van der Waals surface area contributed by atoms with E-state index in [1.807, 2.05) is 18.2 Å². The van der Waals surface area contributed by atoms with Gasteiger partial charge in [0.2, 0.25) is 0 Å². The van der Waals surface area contributed by atoms with Gasteiger partial charge in [0, 0.05) is 56.0 Å². The number of hydrogen-bond donors (Lipinski definition) is 1. The van der Waals surface area contributed by atoms with E-state index in [1.165, 1.54) is 11.1 Å². The number of ketones is 2. The van der Waals surface area contributed by atoms with Crippen LogP contribution in [0.15, 0.2) is 42.5 Å². The van der Waals surface area contributed by atoms with Crippen molar-refractivity contribution >= 4 is 23.2 Å². The highest BCUT2D eigenvalue weighted by molar-refractivity contribution is 6.06. The van der Waals surface area contributed by atoms with Gasteiger partial charge >= 0.3 is 0 Å². The first-order valence-corrected chi connectivity index (χ1v) is 12.2. The monoisotopic (exact) mass is 461 g/mol. The Balaban J connectivity index is 1.24. The Morgan fingerprint density at radius 3 is 2.53 bits per heavy atom. The highest BCUT2D eigenvalue weighted by Gasteiger charge is 2.38. The molecule has 0 aromatic heterocycles. The first-order valence-electron chi connectivity index (χ1n) is 12.2. The third-order valence-corrected chi connectivity index (χ3v) is 7.06. The number of amides is 1. The summed E-state index contributed by atoms with van der Waals surface area (Å²) in [5.74, 6) is -0.260. The molecule has 2 fully saturated rings. The predicted octanol–water partition coefficient (Wildman–Crippen LogP) is 3.17. The summed E-state index contributed by atoms with van der Waals surface area (Å²) in [4.78, 5) is 41.6. The SMILES string of the molecule is O=C1CCC[C@H](N2Cc3c(NCc4ccc(CN5CCOCC5)cc4)cccc3C2=O)C(=O)C1. The van der Waals surface area contributed by atoms with Crippen molar-refractivity contribution in [2.45, 2.75) is 51.4 Å². The van der Waals surface area contributed by atoms with E-state index in [4.69, 9.17) is 4.74 Å². The minimum atomic E-state index is -0.502. The van der Waals surface area contributed by atoms with Crippen LogP contribution in [-0.2, 0) is 34.0 Å². The maximum atomic E-state index is 13.1. The van der Waals surface area contributed by atoms with Crippen molar-refractivity contribution in [3.63, 3.8) is 0 Å². The van der Waals surface area contributed by atoms with Crippen LogP contribution in [0.1, 0.15) is 52.7 Å². The molecular formula is C27H31N3O4. The van der Waals surface area contributed by atoms with Gasteiger partial charge in [0.1, 0.15) is 5.78 Å². The molecule has 1 aliphatic carbocycles. The summed E-state index contributed by atoms with van der Waals surface area (Å²) in [6.45, 7) is 5.54. The molecule has 1 N–H and O–H groups in total. The van der Waals surface area contributed by atoms with Crippen LogP contribution in [0.5, 0.6) is 0 Å². The molecule has 0 unspecified atom stereocenters. The molecule has 1 atom stereocenters. The third-order valence-electron chi connectivity index (χ3n) is 7.06. The zero-order valence-corrected chi connectivity index (χ0v) is 19.4. The molecule has 7 heteroatoms. The van der Waals surface area contributed by atoms with Gasteiger partial charge in [-0.05, 0) is 36.1 Å². The van der Waals surface area contributed by atoms with Crippen molar-refractivity contribution in [1.82, 2.24) is 9.80 Å². The van der Waals surface area contributed by atoms with Crippen LogP contribution in [0.25, 0.3) is 0 Å². The molecule has 5 rings (SSSR count). The molecule has 0 bridgehead atoms. The molecular weight excluding hydrogens is 430 g/mol. The number of fused-ring (bicyclic) bond motifs is 1. The van der Waals surface area contributed by atoms with Gasteiger partial charge in [-0.25, -0.2) is 0 Å². The maximum Gasteiger partial charge on any atom is 0.255 e. The van der Waals surface area contributed by atoms with Crippen LogP contribution in [0.2, 0.25) is 0 Å². The van der Waals surface area contributed by atoms with Crippen molar-refractivity contribution in [2.75, 3.05) is 31.6 Å². The number of nitrogens with one attached hydrogen (secondary N) is 1. The van der Waals surface area contributed by atoms with E-state index in [0.29, 0.717) is 37.9 Å². The van der Waals surface area contributed by atoms with Gasteiger partial charge in [-0.3, -0.25) is 19.3 Å². The predicted molar refractivity (Wildman–Crippen MR) is 128 cm³/mol. The lowest BCUT2D eigenvalue weighted by atomic mass is 10.1. The first-order chi connectivity index (χ1) is 16.6. The molecule has 3 aliphatic rings. The smallest absolute Gasteiger partial charge is 0.255 e. The van der Waals surface area contributed by atoms with E-state index in [-0.39, 0.29) is 23.9 Å². The summed E-state index contributed by atoms with van der Waals surface area (Å²) in [5, 5.41) is 3.49. The quantitative estimate of drug-likeness (QED) is 0.526. The summed E-state index contributed by atoms with van der Waals surface area (Å²) in [6.07, 6.45) is 1.58. The van der Waals surface area contributed by atoms with Crippen molar-refractivity contribution < 1.29 is 19.1 Å². The summed E-state index contributed by atoms with van der Waals surface area (Å²) in [5.41, 5.74) is 4.96. The van der Waals surface area contributed by atoms with Crippen LogP contribution in [0, 0.1) is 0 Å². The lowest BCUT2D eigenvalue weighted by Crippen LogP contribution is -2.41. The number of morpholine rings is 1. The number of anilines is 1. The van der Waals surface area contributed by atoms with Crippen LogP contribution in [-0.4, -0.2) is 59.6 Å². The Hall–Kier alpha value is -3.03. The summed E-state index contributed by atoms with van der Waals surface area (Å²) < 4.78 is 5.42. The Kier molecular flexibility index (Phi) is 6.74. The molecule has 1 amide bonds. The Morgan fingerprint density at radius 1 is 0.971 bits per heavy atom. The number of carbonyl (C=O) groups is 3. The number of carbonyl (C=O) groups excluding carboxylic acids is 3. The zero-order valence-electron chi connectivity index (χ0n) is 19.4. The van der Waals surface area contributed by atoms with Crippen LogP contribution >= 0.6 is 0 Å². The van der Waals surface area contributed by atoms with E-state index in [9.17, 15) is 14.4 Å². The lowest BCUT2D eigenvalue weighted by molar-refractivity contribution is -0.128. The first kappa shape index (κ1) is 22.7. The number of hydrogen-bond acceptors (Lipinski definition) is 6. The maximum absolute atomic E-state index is 13.1. The molecule has 2 heterocycles. The molecule has 7 nitrogen and oxygen atoms in total. The molecule has 1 saturated carbocycles. The van der Waals surface area contributed by atoms with Gasteiger partial charge in [0.15, 0.2) is 5.78 Å².